The Morgan fingerprint density at radius 1 is 1.09 bits per heavy atom. The number of hydrogen-bond donors (Lipinski definition) is 2. The van der Waals surface area contributed by atoms with Gasteiger partial charge in [0.25, 0.3) is 0 Å². The third kappa shape index (κ3) is 5.24. The van der Waals surface area contributed by atoms with Crippen molar-refractivity contribution >= 4 is 18.0 Å². The molecule has 1 aliphatic rings. The van der Waals surface area contributed by atoms with Gasteiger partial charge in [-0.15, -0.1) is 6.58 Å². The van der Waals surface area contributed by atoms with Gasteiger partial charge in [0.1, 0.15) is 13.2 Å². The highest BCUT2D eigenvalue weighted by Gasteiger charge is 2.28. The van der Waals surface area contributed by atoms with Crippen molar-refractivity contribution in [2.75, 3.05) is 26.2 Å². The van der Waals surface area contributed by atoms with E-state index in [9.17, 15) is 14.4 Å². The van der Waals surface area contributed by atoms with Gasteiger partial charge in [-0.05, 0) is 29.2 Å². The third-order valence-electron chi connectivity index (χ3n) is 5.30. The van der Waals surface area contributed by atoms with Gasteiger partial charge in [-0.2, -0.15) is 0 Å². The molecule has 0 heterocycles. The highest BCUT2D eigenvalue weighted by Crippen LogP contribution is 2.44. The molecule has 0 unspecified atom stereocenters. The van der Waals surface area contributed by atoms with Crippen LogP contribution in [0.4, 0.5) is 4.79 Å². The first-order valence-corrected chi connectivity index (χ1v) is 10.3. The van der Waals surface area contributed by atoms with Crippen molar-refractivity contribution in [3.05, 3.63) is 84.0 Å². The number of amides is 2. The first-order valence-electron chi connectivity index (χ1n) is 10.3. The van der Waals surface area contributed by atoms with E-state index in [4.69, 9.17) is 9.84 Å². The molecule has 2 aromatic carbocycles. The molecule has 0 spiro atoms. The number of carboxylic acid groups (broad SMARTS) is 1. The molecule has 166 valence electrons. The molecule has 1 aliphatic carbocycles. The van der Waals surface area contributed by atoms with E-state index in [1.54, 1.807) is 6.92 Å². The van der Waals surface area contributed by atoms with E-state index in [1.807, 2.05) is 36.4 Å². The van der Waals surface area contributed by atoms with Crippen molar-refractivity contribution < 1.29 is 24.2 Å². The van der Waals surface area contributed by atoms with Crippen LogP contribution >= 0.6 is 0 Å². The molecule has 7 heteroatoms. The van der Waals surface area contributed by atoms with Crippen LogP contribution in [0.15, 0.2) is 72.8 Å². The normalized spacial score (nSPS) is 12.5. The highest BCUT2D eigenvalue weighted by atomic mass is 16.5. The summed E-state index contributed by atoms with van der Waals surface area (Å²) in [5.41, 5.74) is 4.89. The van der Waals surface area contributed by atoms with Crippen LogP contribution in [0, 0.1) is 0 Å². The van der Waals surface area contributed by atoms with Crippen molar-refractivity contribution in [3.8, 4) is 11.1 Å². The molecule has 0 aliphatic heterocycles. The molecule has 2 aromatic rings. The number of fused-ring (bicyclic) bond motifs is 3. The van der Waals surface area contributed by atoms with Crippen LogP contribution in [0.1, 0.15) is 24.0 Å². The SMILES string of the molecule is C=CCN(CC(=O)O)C(=O)/C(C)=C/CNC(=O)OCC1c2ccccc2-c2ccccc21. The number of carboxylic acids is 1. The lowest BCUT2D eigenvalue weighted by Crippen LogP contribution is -2.36. The molecule has 0 aromatic heterocycles. The van der Waals surface area contributed by atoms with E-state index in [1.165, 1.54) is 12.2 Å². The van der Waals surface area contributed by atoms with E-state index in [-0.39, 0.29) is 25.6 Å². The molecule has 2 amide bonds. The maximum atomic E-state index is 12.4. The van der Waals surface area contributed by atoms with Gasteiger partial charge in [0, 0.05) is 24.6 Å². The monoisotopic (exact) mass is 434 g/mol. The van der Waals surface area contributed by atoms with Crippen molar-refractivity contribution in [3.63, 3.8) is 0 Å². The summed E-state index contributed by atoms with van der Waals surface area (Å²) in [6.07, 6.45) is 2.40. The Labute approximate surface area is 187 Å². The molecule has 0 radical (unpaired) electrons. The topological polar surface area (TPSA) is 95.9 Å². The van der Waals surface area contributed by atoms with Gasteiger partial charge in [-0.1, -0.05) is 60.7 Å². The standard InChI is InChI=1S/C25H26N2O5/c1-3-14-27(15-23(28)29)24(30)17(2)12-13-26-25(31)32-16-22-20-10-6-4-8-18(20)19-9-5-7-11-21(19)22/h3-12,22H,1,13-16H2,2H3,(H,26,31)(H,28,29)/b17-12+. The zero-order valence-corrected chi connectivity index (χ0v) is 17.9. The second-order valence-corrected chi connectivity index (χ2v) is 7.46. The lowest BCUT2D eigenvalue weighted by atomic mass is 9.98. The van der Waals surface area contributed by atoms with E-state index in [2.05, 4.69) is 24.0 Å². The van der Waals surface area contributed by atoms with E-state index in [0.717, 1.165) is 27.2 Å². The van der Waals surface area contributed by atoms with Gasteiger partial charge in [-0.25, -0.2) is 4.79 Å². The first kappa shape index (κ1) is 22.8. The van der Waals surface area contributed by atoms with Crippen LogP contribution in [0.5, 0.6) is 0 Å². The number of nitrogens with one attached hydrogen (secondary N) is 1. The van der Waals surface area contributed by atoms with Crippen molar-refractivity contribution in [1.29, 1.82) is 0 Å². The van der Waals surface area contributed by atoms with Crippen LogP contribution in [-0.4, -0.2) is 54.2 Å². The molecule has 0 bridgehead atoms. The minimum Gasteiger partial charge on any atom is -0.480 e. The van der Waals surface area contributed by atoms with Crippen LogP contribution < -0.4 is 5.32 Å². The van der Waals surface area contributed by atoms with E-state index < -0.39 is 24.5 Å². The summed E-state index contributed by atoms with van der Waals surface area (Å²) in [6, 6.07) is 16.2. The number of alkyl carbamates (subject to hydrolysis) is 1. The van der Waals surface area contributed by atoms with Gasteiger partial charge >= 0.3 is 12.1 Å². The highest BCUT2D eigenvalue weighted by molar-refractivity contribution is 5.94. The number of ether oxygens (including phenoxy) is 1. The second kappa shape index (κ2) is 10.4. The zero-order chi connectivity index (χ0) is 23.1. The van der Waals surface area contributed by atoms with E-state index in [0.29, 0.717) is 5.57 Å². The number of aliphatic carboxylic acids is 1. The van der Waals surface area contributed by atoms with Crippen molar-refractivity contribution in [2.45, 2.75) is 12.8 Å². The molecular weight excluding hydrogens is 408 g/mol. The molecule has 0 saturated carbocycles. The molecule has 0 saturated heterocycles. The predicted molar refractivity (Wildman–Crippen MR) is 121 cm³/mol. The van der Waals surface area contributed by atoms with Gasteiger partial charge < -0.3 is 20.1 Å². The fourth-order valence-corrected chi connectivity index (χ4v) is 3.81. The molecular formula is C25H26N2O5. The fourth-order valence-electron chi connectivity index (χ4n) is 3.81. The Hall–Kier alpha value is -3.87. The Balaban J connectivity index is 1.55. The fraction of sp³-hybridized carbons (Fsp3) is 0.240. The molecule has 3 rings (SSSR count). The number of carbonyl (C=O) groups is 3. The summed E-state index contributed by atoms with van der Waals surface area (Å²) in [7, 11) is 0. The molecule has 32 heavy (non-hydrogen) atoms. The second-order valence-electron chi connectivity index (χ2n) is 7.46. The average Bonchev–Trinajstić information content (AvgIpc) is 3.10. The Bertz CT molecular complexity index is 1010. The van der Waals surface area contributed by atoms with E-state index >= 15 is 0 Å². The largest absolute Gasteiger partial charge is 0.480 e. The number of hydrogen-bond acceptors (Lipinski definition) is 4. The number of carbonyl (C=O) groups excluding carboxylic acids is 2. The maximum absolute atomic E-state index is 12.4. The third-order valence-corrected chi connectivity index (χ3v) is 5.30. The summed E-state index contributed by atoms with van der Waals surface area (Å²) >= 11 is 0. The molecule has 0 fully saturated rings. The summed E-state index contributed by atoms with van der Waals surface area (Å²) in [5, 5.41) is 11.5. The van der Waals surface area contributed by atoms with Gasteiger partial charge in [0.05, 0.1) is 0 Å². The van der Waals surface area contributed by atoms with Crippen LogP contribution in [-0.2, 0) is 14.3 Å². The van der Waals surface area contributed by atoms with Gasteiger partial charge in [0.2, 0.25) is 5.91 Å². The summed E-state index contributed by atoms with van der Waals surface area (Å²) in [5.74, 6) is -1.57. The minimum absolute atomic E-state index is 0.0320. The quantitative estimate of drug-likeness (QED) is 0.465. The summed E-state index contributed by atoms with van der Waals surface area (Å²) in [4.78, 5) is 36.7. The van der Waals surface area contributed by atoms with Crippen molar-refractivity contribution in [1.82, 2.24) is 10.2 Å². The Kier molecular flexibility index (Phi) is 7.44. The molecule has 0 atom stereocenters. The summed E-state index contributed by atoms with van der Waals surface area (Å²) in [6.45, 7) is 5.09. The Morgan fingerprint density at radius 2 is 1.69 bits per heavy atom. The predicted octanol–water partition coefficient (Wildman–Crippen LogP) is 3.57. The van der Waals surface area contributed by atoms with Gasteiger partial charge in [0.15, 0.2) is 0 Å². The lowest BCUT2D eigenvalue weighted by molar-refractivity contribution is -0.142. The molecule has 2 N–H and O–H groups in total. The molecule has 7 nitrogen and oxygen atoms in total. The lowest BCUT2D eigenvalue weighted by Gasteiger charge is -2.19. The number of nitrogens with zero attached hydrogens (tertiary/aromatic N) is 1. The van der Waals surface area contributed by atoms with Crippen LogP contribution in [0.25, 0.3) is 11.1 Å². The summed E-state index contributed by atoms with van der Waals surface area (Å²) < 4.78 is 5.45. The number of rotatable bonds is 9. The van der Waals surface area contributed by atoms with Crippen molar-refractivity contribution in [2.24, 2.45) is 0 Å². The average molecular weight is 434 g/mol. The Morgan fingerprint density at radius 3 is 2.25 bits per heavy atom. The minimum atomic E-state index is -1.11. The zero-order valence-electron chi connectivity index (χ0n) is 17.9. The van der Waals surface area contributed by atoms with Crippen LogP contribution in [0.2, 0.25) is 0 Å². The van der Waals surface area contributed by atoms with Gasteiger partial charge in [-0.3, -0.25) is 9.59 Å². The smallest absolute Gasteiger partial charge is 0.407 e. The number of benzene rings is 2. The van der Waals surface area contributed by atoms with Crippen LogP contribution in [0.3, 0.4) is 0 Å². The maximum Gasteiger partial charge on any atom is 0.407 e. The first-order chi connectivity index (χ1) is 15.4.